The van der Waals surface area contributed by atoms with Crippen molar-refractivity contribution in [3.63, 3.8) is 0 Å². The monoisotopic (exact) mass is 290 g/mol. The molecule has 3 heteroatoms. The highest BCUT2D eigenvalue weighted by molar-refractivity contribution is 5.27. The maximum atomic E-state index is 5.89. The van der Waals surface area contributed by atoms with Gasteiger partial charge in [-0.3, -0.25) is 4.90 Å². The summed E-state index contributed by atoms with van der Waals surface area (Å²) in [6.45, 7) is 11.7. The Morgan fingerprint density at radius 3 is 2.52 bits per heavy atom. The maximum Gasteiger partial charge on any atom is 0.119 e. The molecule has 118 valence electrons. The first-order valence-electron chi connectivity index (χ1n) is 8.35. The standard InChI is InChI=1S/C18H30N2O/c1-4-19-13-16-5-9-18(10-6-16)21-12-11-20(14-15(2)3)17-7-8-17/h5-6,9-10,15,17,19H,4,7-8,11-14H2,1-3H3. The molecule has 0 amide bonds. The van der Waals surface area contributed by atoms with Crippen LogP contribution in [0.1, 0.15) is 39.2 Å². The molecule has 0 atom stereocenters. The molecule has 1 N–H and O–H groups in total. The van der Waals surface area contributed by atoms with E-state index in [2.05, 4.69) is 55.3 Å². The Labute approximate surface area is 129 Å². The minimum absolute atomic E-state index is 0.732. The summed E-state index contributed by atoms with van der Waals surface area (Å²) < 4.78 is 5.89. The lowest BCUT2D eigenvalue weighted by Crippen LogP contribution is -2.33. The highest BCUT2D eigenvalue weighted by Crippen LogP contribution is 2.27. The van der Waals surface area contributed by atoms with Crippen LogP contribution in [0.5, 0.6) is 5.75 Å². The van der Waals surface area contributed by atoms with Crippen molar-refractivity contribution in [3.8, 4) is 5.75 Å². The van der Waals surface area contributed by atoms with Gasteiger partial charge < -0.3 is 10.1 Å². The van der Waals surface area contributed by atoms with Gasteiger partial charge in [-0.1, -0.05) is 32.9 Å². The molecule has 0 heterocycles. The van der Waals surface area contributed by atoms with E-state index in [0.29, 0.717) is 0 Å². The fourth-order valence-corrected chi connectivity index (χ4v) is 2.59. The summed E-state index contributed by atoms with van der Waals surface area (Å²) in [6, 6.07) is 9.27. The van der Waals surface area contributed by atoms with E-state index in [1.807, 2.05) is 0 Å². The van der Waals surface area contributed by atoms with Gasteiger partial charge in [-0.05, 0) is 43.0 Å². The molecule has 1 fully saturated rings. The average Bonchev–Trinajstić information content (AvgIpc) is 3.29. The van der Waals surface area contributed by atoms with Gasteiger partial charge in [0.25, 0.3) is 0 Å². The number of hydrogen-bond donors (Lipinski definition) is 1. The molecule has 0 saturated heterocycles. The van der Waals surface area contributed by atoms with Crippen molar-refractivity contribution in [1.82, 2.24) is 10.2 Å². The average molecular weight is 290 g/mol. The topological polar surface area (TPSA) is 24.5 Å². The number of hydrogen-bond acceptors (Lipinski definition) is 3. The Bertz CT molecular complexity index is 398. The molecule has 0 aliphatic heterocycles. The van der Waals surface area contributed by atoms with Crippen LogP contribution < -0.4 is 10.1 Å². The predicted octanol–water partition coefficient (Wildman–Crippen LogP) is 3.30. The summed E-state index contributed by atoms with van der Waals surface area (Å²) in [5.74, 6) is 1.71. The highest BCUT2D eigenvalue weighted by Gasteiger charge is 2.28. The van der Waals surface area contributed by atoms with Gasteiger partial charge in [-0.2, -0.15) is 0 Å². The van der Waals surface area contributed by atoms with Crippen LogP contribution in [0.2, 0.25) is 0 Å². The molecular weight excluding hydrogens is 260 g/mol. The van der Waals surface area contributed by atoms with Gasteiger partial charge in [0.2, 0.25) is 0 Å². The van der Waals surface area contributed by atoms with Crippen molar-refractivity contribution < 1.29 is 4.74 Å². The van der Waals surface area contributed by atoms with Gasteiger partial charge in [0.05, 0.1) is 0 Å². The van der Waals surface area contributed by atoms with E-state index in [0.717, 1.165) is 44.0 Å². The van der Waals surface area contributed by atoms with Gasteiger partial charge in [-0.15, -0.1) is 0 Å². The maximum absolute atomic E-state index is 5.89. The molecule has 0 aromatic heterocycles. The van der Waals surface area contributed by atoms with Crippen LogP contribution in [-0.2, 0) is 6.54 Å². The molecule has 1 aliphatic rings. The molecule has 1 aromatic carbocycles. The molecule has 1 saturated carbocycles. The zero-order chi connectivity index (χ0) is 15.1. The zero-order valence-corrected chi connectivity index (χ0v) is 13.8. The molecule has 0 bridgehead atoms. The van der Waals surface area contributed by atoms with Gasteiger partial charge in [0.15, 0.2) is 0 Å². The SMILES string of the molecule is CCNCc1ccc(OCCN(CC(C)C)C2CC2)cc1. The van der Waals surface area contributed by atoms with Gasteiger partial charge in [0.1, 0.15) is 12.4 Å². The van der Waals surface area contributed by atoms with E-state index in [1.165, 1.54) is 24.9 Å². The molecule has 3 nitrogen and oxygen atoms in total. The van der Waals surface area contributed by atoms with Crippen molar-refractivity contribution in [3.05, 3.63) is 29.8 Å². The quantitative estimate of drug-likeness (QED) is 0.715. The number of rotatable bonds is 10. The molecular formula is C18H30N2O. The summed E-state index contributed by atoms with van der Waals surface area (Å²) >= 11 is 0. The van der Waals surface area contributed by atoms with Crippen LogP contribution in [0.3, 0.4) is 0 Å². The lowest BCUT2D eigenvalue weighted by molar-refractivity contribution is 0.185. The molecule has 0 unspecified atom stereocenters. The predicted molar refractivity (Wildman–Crippen MR) is 88.8 cm³/mol. The van der Waals surface area contributed by atoms with Crippen LogP contribution in [0, 0.1) is 5.92 Å². The van der Waals surface area contributed by atoms with Crippen LogP contribution in [0.15, 0.2) is 24.3 Å². The second-order valence-electron chi connectivity index (χ2n) is 6.39. The van der Waals surface area contributed by atoms with Crippen molar-refractivity contribution in [2.24, 2.45) is 5.92 Å². The first kappa shape index (κ1) is 16.3. The normalized spacial score (nSPS) is 14.9. The van der Waals surface area contributed by atoms with E-state index in [4.69, 9.17) is 4.74 Å². The van der Waals surface area contributed by atoms with Gasteiger partial charge in [-0.25, -0.2) is 0 Å². The number of nitrogens with one attached hydrogen (secondary N) is 1. The number of ether oxygens (including phenoxy) is 1. The minimum Gasteiger partial charge on any atom is -0.492 e. The Morgan fingerprint density at radius 2 is 1.95 bits per heavy atom. The summed E-state index contributed by atoms with van der Waals surface area (Å²) in [4.78, 5) is 2.59. The smallest absolute Gasteiger partial charge is 0.119 e. The molecule has 0 radical (unpaired) electrons. The summed E-state index contributed by atoms with van der Waals surface area (Å²) in [5.41, 5.74) is 1.31. The minimum atomic E-state index is 0.732. The molecule has 1 aliphatic carbocycles. The van der Waals surface area contributed by atoms with E-state index < -0.39 is 0 Å². The fourth-order valence-electron chi connectivity index (χ4n) is 2.59. The van der Waals surface area contributed by atoms with E-state index in [1.54, 1.807) is 0 Å². The summed E-state index contributed by atoms with van der Waals surface area (Å²) in [5, 5.41) is 3.33. The Morgan fingerprint density at radius 1 is 1.24 bits per heavy atom. The van der Waals surface area contributed by atoms with E-state index in [-0.39, 0.29) is 0 Å². The van der Waals surface area contributed by atoms with Crippen molar-refractivity contribution in [2.75, 3.05) is 26.2 Å². The Kier molecular flexibility index (Phi) is 6.52. The van der Waals surface area contributed by atoms with Gasteiger partial charge in [0, 0.05) is 25.7 Å². The molecule has 0 spiro atoms. The first-order valence-corrected chi connectivity index (χ1v) is 8.35. The van der Waals surface area contributed by atoms with Crippen molar-refractivity contribution in [1.29, 1.82) is 0 Å². The second-order valence-corrected chi connectivity index (χ2v) is 6.39. The molecule has 2 rings (SSSR count). The second kappa shape index (κ2) is 8.40. The van der Waals surface area contributed by atoms with Crippen LogP contribution in [-0.4, -0.2) is 37.2 Å². The number of benzene rings is 1. The third kappa shape index (κ3) is 6.06. The number of nitrogens with zero attached hydrogens (tertiary/aromatic N) is 1. The van der Waals surface area contributed by atoms with Gasteiger partial charge >= 0.3 is 0 Å². The molecule has 1 aromatic rings. The summed E-state index contributed by atoms with van der Waals surface area (Å²) in [7, 11) is 0. The summed E-state index contributed by atoms with van der Waals surface area (Å²) in [6.07, 6.45) is 2.73. The highest BCUT2D eigenvalue weighted by atomic mass is 16.5. The largest absolute Gasteiger partial charge is 0.492 e. The van der Waals surface area contributed by atoms with Crippen LogP contribution >= 0.6 is 0 Å². The Hall–Kier alpha value is -1.06. The van der Waals surface area contributed by atoms with Crippen LogP contribution in [0.25, 0.3) is 0 Å². The van der Waals surface area contributed by atoms with Crippen LogP contribution in [0.4, 0.5) is 0 Å². The molecule has 21 heavy (non-hydrogen) atoms. The fraction of sp³-hybridized carbons (Fsp3) is 0.667. The van der Waals surface area contributed by atoms with Crippen molar-refractivity contribution >= 4 is 0 Å². The lowest BCUT2D eigenvalue weighted by atomic mass is 10.2. The van der Waals surface area contributed by atoms with E-state index >= 15 is 0 Å². The lowest BCUT2D eigenvalue weighted by Gasteiger charge is -2.23. The first-order chi connectivity index (χ1) is 10.2. The Balaban J connectivity index is 1.71. The zero-order valence-electron chi connectivity index (χ0n) is 13.8. The third-order valence-electron chi connectivity index (χ3n) is 3.81. The van der Waals surface area contributed by atoms with Crippen molar-refractivity contribution in [2.45, 2.75) is 46.2 Å². The van der Waals surface area contributed by atoms with E-state index in [9.17, 15) is 0 Å². The third-order valence-corrected chi connectivity index (χ3v) is 3.81.